The summed E-state index contributed by atoms with van der Waals surface area (Å²) in [5.74, 6) is -0.0983. The molecule has 0 saturated carbocycles. The summed E-state index contributed by atoms with van der Waals surface area (Å²) in [6.07, 6.45) is 3.35. The molecule has 0 saturated heterocycles. The first-order chi connectivity index (χ1) is 12.1. The average Bonchev–Trinajstić information content (AvgIpc) is 3.02. The van der Waals surface area contributed by atoms with Gasteiger partial charge < -0.3 is 11.1 Å². The maximum atomic E-state index is 12.6. The summed E-state index contributed by atoms with van der Waals surface area (Å²) >= 11 is 0. The first kappa shape index (κ1) is 15.1. The third-order valence-electron chi connectivity index (χ3n) is 4.03. The second kappa shape index (κ2) is 5.86. The Morgan fingerprint density at radius 2 is 1.96 bits per heavy atom. The van der Waals surface area contributed by atoms with Crippen LogP contribution in [0, 0.1) is 0 Å². The van der Waals surface area contributed by atoms with Crippen molar-refractivity contribution in [1.82, 2.24) is 24.7 Å². The van der Waals surface area contributed by atoms with Crippen molar-refractivity contribution in [3.63, 3.8) is 0 Å². The molecule has 4 aromatic rings. The van der Waals surface area contributed by atoms with Gasteiger partial charge in [-0.1, -0.05) is 18.2 Å². The van der Waals surface area contributed by atoms with Crippen molar-refractivity contribution in [2.75, 3.05) is 5.73 Å². The maximum Gasteiger partial charge on any atom is 0.272 e. The minimum Gasteiger partial charge on any atom is -0.381 e. The lowest BCUT2D eigenvalue weighted by Crippen LogP contribution is -2.28. The second-order valence-corrected chi connectivity index (χ2v) is 5.76. The molecule has 1 atom stereocenters. The Labute approximate surface area is 143 Å². The third kappa shape index (κ3) is 2.65. The van der Waals surface area contributed by atoms with E-state index in [0.717, 1.165) is 16.7 Å². The van der Waals surface area contributed by atoms with Crippen LogP contribution in [0.5, 0.6) is 0 Å². The lowest BCUT2D eigenvalue weighted by atomic mass is 10.2. The molecular weight excluding hydrogens is 316 g/mol. The van der Waals surface area contributed by atoms with Crippen LogP contribution >= 0.6 is 0 Å². The van der Waals surface area contributed by atoms with Crippen molar-refractivity contribution >= 4 is 28.4 Å². The predicted molar refractivity (Wildman–Crippen MR) is 95.0 cm³/mol. The fraction of sp³-hybridized carbons (Fsp3) is 0.111. The highest BCUT2D eigenvalue weighted by molar-refractivity contribution is 5.94. The number of carbonyl (C=O) groups excluding carboxylic acids is 1. The molecule has 0 aliphatic rings. The molecule has 0 aliphatic heterocycles. The van der Waals surface area contributed by atoms with Gasteiger partial charge in [0.1, 0.15) is 5.69 Å². The maximum absolute atomic E-state index is 12.6. The monoisotopic (exact) mass is 332 g/mol. The van der Waals surface area contributed by atoms with E-state index in [1.165, 1.54) is 0 Å². The van der Waals surface area contributed by atoms with Crippen molar-refractivity contribution in [2.24, 2.45) is 0 Å². The van der Waals surface area contributed by atoms with Crippen LogP contribution in [-0.2, 0) is 0 Å². The van der Waals surface area contributed by atoms with Crippen molar-refractivity contribution in [2.45, 2.75) is 13.0 Å². The molecule has 3 aromatic heterocycles. The quantitative estimate of drug-likeness (QED) is 0.600. The van der Waals surface area contributed by atoms with E-state index in [2.05, 4.69) is 20.3 Å². The van der Waals surface area contributed by atoms with Gasteiger partial charge in [0, 0.05) is 12.4 Å². The number of carbonyl (C=O) groups is 1. The summed E-state index contributed by atoms with van der Waals surface area (Å²) < 4.78 is 1.79. The summed E-state index contributed by atoms with van der Waals surface area (Å²) in [6.45, 7) is 1.87. The van der Waals surface area contributed by atoms with Crippen molar-refractivity contribution in [1.29, 1.82) is 0 Å². The number of fused-ring (bicyclic) bond motifs is 3. The molecule has 0 radical (unpaired) electrons. The van der Waals surface area contributed by atoms with Crippen LogP contribution in [0.2, 0.25) is 0 Å². The summed E-state index contributed by atoms with van der Waals surface area (Å²) in [6, 6.07) is 13.0. The first-order valence-corrected chi connectivity index (χ1v) is 7.88. The van der Waals surface area contributed by atoms with E-state index in [-0.39, 0.29) is 23.5 Å². The van der Waals surface area contributed by atoms with E-state index in [1.807, 2.05) is 49.4 Å². The van der Waals surface area contributed by atoms with Gasteiger partial charge in [-0.25, -0.2) is 9.97 Å². The van der Waals surface area contributed by atoms with Gasteiger partial charge in [0.2, 0.25) is 0 Å². The lowest BCUT2D eigenvalue weighted by molar-refractivity contribution is 0.0933. The molecule has 0 fully saturated rings. The number of nitrogens with two attached hydrogens (primary N) is 1. The molecule has 0 bridgehead atoms. The number of hydrogen-bond acceptors (Lipinski definition) is 5. The van der Waals surface area contributed by atoms with Crippen LogP contribution in [-0.4, -0.2) is 25.3 Å². The van der Waals surface area contributed by atoms with Crippen molar-refractivity contribution in [3.05, 3.63) is 66.2 Å². The highest BCUT2D eigenvalue weighted by Gasteiger charge is 2.17. The largest absolute Gasteiger partial charge is 0.381 e. The van der Waals surface area contributed by atoms with Crippen molar-refractivity contribution in [3.8, 4) is 0 Å². The number of nitrogens with one attached hydrogen (secondary N) is 1. The number of pyridine rings is 1. The van der Waals surface area contributed by atoms with Gasteiger partial charge in [0.25, 0.3) is 5.91 Å². The Bertz CT molecular complexity index is 1070. The Morgan fingerprint density at radius 1 is 1.16 bits per heavy atom. The number of imidazole rings is 1. The third-order valence-corrected chi connectivity index (χ3v) is 4.03. The van der Waals surface area contributed by atoms with Gasteiger partial charge in [-0.15, -0.1) is 0 Å². The smallest absolute Gasteiger partial charge is 0.272 e. The minimum atomic E-state index is -0.315. The number of amides is 1. The van der Waals surface area contributed by atoms with E-state index >= 15 is 0 Å². The SMILES string of the molecule is C[C@H](NC(=O)c1cn2c(nc3ccccc32)c(N)n1)c1ccccn1. The van der Waals surface area contributed by atoms with Gasteiger partial charge in [-0.3, -0.25) is 14.2 Å². The molecule has 124 valence electrons. The number of aromatic nitrogens is 4. The van der Waals surface area contributed by atoms with Gasteiger partial charge in [-0.2, -0.15) is 0 Å². The predicted octanol–water partition coefficient (Wildman–Crippen LogP) is 2.35. The zero-order chi connectivity index (χ0) is 17.4. The lowest BCUT2D eigenvalue weighted by Gasteiger charge is -2.13. The highest BCUT2D eigenvalue weighted by Crippen LogP contribution is 2.20. The van der Waals surface area contributed by atoms with E-state index in [9.17, 15) is 4.79 Å². The number of para-hydroxylation sites is 2. The molecule has 1 aromatic carbocycles. The molecule has 1 amide bonds. The second-order valence-electron chi connectivity index (χ2n) is 5.76. The molecule has 7 nitrogen and oxygen atoms in total. The molecule has 7 heteroatoms. The zero-order valence-corrected chi connectivity index (χ0v) is 13.5. The number of nitrogens with zero attached hydrogens (tertiary/aromatic N) is 4. The Kier molecular flexibility index (Phi) is 3.53. The minimum absolute atomic E-state index is 0.217. The van der Waals surface area contributed by atoms with Gasteiger partial charge in [0.15, 0.2) is 11.5 Å². The molecule has 0 spiro atoms. The van der Waals surface area contributed by atoms with E-state index in [4.69, 9.17) is 5.73 Å². The first-order valence-electron chi connectivity index (χ1n) is 7.88. The molecule has 0 aliphatic carbocycles. The molecular formula is C18H16N6O. The van der Waals surface area contributed by atoms with E-state index in [0.29, 0.717) is 5.65 Å². The number of benzene rings is 1. The van der Waals surface area contributed by atoms with Crippen LogP contribution in [0.1, 0.15) is 29.1 Å². The number of anilines is 1. The number of rotatable bonds is 3. The standard InChI is InChI=1S/C18H16N6O/c1-11(12-6-4-5-9-20-12)21-18(25)14-10-24-15-8-3-2-7-13(15)23-17(24)16(19)22-14/h2-11H,1H3,(H2,19,22)(H,21,25)/t11-/m0/s1. The van der Waals surface area contributed by atoms with E-state index in [1.54, 1.807) is 16.8 Å². The zero-order valence-electron chi connectivity index (χ0n) is 13.5. The van der Waals surface area contributed by atoms with Crippen LogP contribution in [0.15, 0.2) is 54.9 Å². The van der Waals surface area contributed by atoms with Crippen LogP contribution in [0.3, 0.4) is 0 Å². The van der Waals surface area contributed by atoms with Gasteiger partial charge in [-0.05, 0) is 31.2 Å². The van der Waals surface area contributed by atoms with Crippen LogP contribution in [0.25, 0.3) is 16.7 Å². The van der Waals surface area contributed by atoms with Gasteiger partial charge >= 0.3 is 0 Å². The summed E-state index contributed by atoms with van der Waals surface area (Å²) in [7, 11) is 0. The number of nitrogen functional groups attached to an aromatic ring is 1. The topological polar surface area (TPSA) is 98.2 Å². The Balaban J connectivity index is 1.71. The molecule has 3 heterocycles. The van der Waals surface area contributed by atoms with Crippen LogP contribution in [0.4, 0.5) is 5.82 Å². The molecule has 25 heavy (non-hydrogen) atoms. The van der Waals surface area contributed by atoms with Crippen molar-refractivity contribution < 1.29 is 4.79 Å². The number of hydrogen-bond donors (Lipinski definition) is 2. The summed E-state index contributed by atoms with van der Waals surface area (Å²) in [5.41, 5.74) is 9.23. The summed E-state index contributed by atoms with van der Waals surface area (Å²) in [4.78, 5) is 25.5. The molecule has 0 unspecified atom stereocenters. The fourth-order valence-corrected chi connectivity index (χ4v) is 2.77. The molecule has 4 rings (SSSR count). The summed E-state index contributed by atoms with van der Waals surface area (Å²) in [5, 5.41) is 2.89. The Hall–Kier alpha value is -3.48. The van der Waals surface area contributed by atoms with E-state index < -0.39 is 0 Å². The normalized spacial score (nSPS) is 12.4. The van der Waals surface area contributed by atoms with Gasteiger partial charge in [0.05, 0.1) is 22.8 Å². The van der Waals surface area contributed by atoms with Crippen LogP contribution < -0.4 is 11.1 Å². The fourth-order valence-electron chi connectivity index (χ4n) is 2.77. The Morgan fingerprint density at radius 3 is 2.76 bits per heavy atom. The molecule has 3 N–H and O–H groups in total. The highest BCUT2D eigenvalue weighted by atomic mass is 16.1. The average molecular weight is 332 g/mol.